The first-order valence-corrected chi connectivity index (χ1v) is 3.41. The fraction of sp³-hybridized carbons (Fsp3) is 0. The minimum atomic E-state index is -0.470. The molecule has 0 saturated heterocycles. The molecule has 0 unspecified atom stereocenters. The van der Waals surface area contributed by atoms with Crippen molar-refractivity contribution in [1.82, 2.24) is 5.32 Å². The van der Waals surface area contributed by atoms with Crippen LogP contribution in [0.4, 0.5) is 0 Å². The second kappa shape index (κ2) is 4.12. The number of nitrogens with two attached hydrogens (primary N) is 1. The maximum absolute atomic E-state index is 10.4. The Balaban J connectivity index is 2.63. The Morgan fingerprint density at radius 3 is 3.25 bits per heavy atom. The highest BCUT2D eigenvalue weighted by Gasteiger charge is 1.89. The molecule has 0 bridgehead atoms. The number of carbonyl (C=O) groups is 1. The van der Waals surface area contributed by atoms with Gasteiger partial charge in [-0.2, -0.15) is 0 Å². The second-order valence-electron chi connectivity index (χ2n) is 2.12. The summed E-state index contributed by atoms with van der Waals surface area (Å²) in [5, 5.41) is 2.90. The summed E-state index contributed by atoms with van der Waals surface area (Å²) >= 11 is 0. The van der Waals surface area contributed by atoms with E-state index in [0.29, 0.717) is 0 Å². The van der Waals surface area contributed by atoms with Gasteiger partial charge >= 0.3 is 0 Å². The summed E-state index contributed by atoms with van der Waals surface area (Å²) in [5.41, 5.74) is 5.69. The number of carbonyl (C=O) groups excluding carboxylic acids is 1. The van der Waals surface area contributed by atoms with E-state index in [4.69, 9.17) is 5.73 Å². The van der Waals surface area contributed by atoms with Gasteiger partial charge in [0.15, 0.2) is 0 Å². The molecule has 3 N–H and O–H groups in total. The van der Waals surface area contributed by atoms with Crippen LogP contribution in [0, 0.1) is 0 Å². The van der Waals surface area contributed by atoms with Crippen LogP contribution in [-0.4, -0.2) is 12.1 Å². The number of amides is 1. The third-order valence-corrected chi connectivity index (χ3v) is 1.18. The highest BCUT2D eigenvalue weighted by Crippen LogP contribution is 1.93. The van der Waals surface area contributed by atoms with Gasteiger partial charge in [-0.1, -0.05) is 0 Å². The maximum Gasteiger partial charge on any atom is 0.241 e. The number of hydrogen-bond acceptors (Lipinski definition) is 3. The number of primary amides is 1. The maximum atomic E-state index is 10.4. The summed E-state index contributed by atoms with van der Waals surface area (Å²) in [7, 11) is 0. The minimum absolute atomic E-state index is 0.470. The predicted octanol–water partition coefficient (Wildman–Crippen LogP) is 0.0570. The fourth-order valence-corrected chi connectivity index (χ4v) is 0.673. The summed E-state index contributed by atoms with van der Waals surface area (Å²) in [5.74, 6) is -0.470. The third-order valence-electron chi connectivity index (χ3n) is 1.18. The summed E-state index contributed by atoms with van der Waals surface area (Å²) in [6, 6.07) is 0. The Hall–Kier alpha value is -1.84. The summed E-state index contributed by atoms with van der Waals surface area (Å²) in [6.07, 6.45) is 9.51. The SMILES string of the molecule is NC(=O)C=CC1=CC=NC=CN1. The number of nitrogens with zero attached hydrogens (tertiary/aromatic N) is 1. The fourth-order valence-electron chi connectivity index (χ4n) is 0.673. The van der Waals surface area contributed by atoms with E-state index in [2.05, 4.69) is 10.3 Å². The second-order valence-corrected chi connectivity index (χ2v) is 2.12. The Labute approximate surface area is 70.2 Å². The molecule has 0 saturated carbocycles. The lowest BCUT2D eigenvalue weighted by molar-refractivity contribution is -0.113. The van der Waals surface area contributed by atoms with Gasteiger partial charge in [-0.05, 0) is 12.2 Å². The largest absolute Gasteiger partial charge is 0.366 e. The minimum Gasteiger partial charge on any atom is -0.366 e. The number of rotatable bonds is 2. The third kappa shape index (κ3) is 2.83. The van der Waals surface area contributed by atoms with Gasteiger partial charge in [0.2, 0.25) is 5.91 Å². The molecule has 12 heavy (non-hydrogen) atoms. The normalized spacial score (nSPS) is 15.5. The molecule has 1 heterocycles. The van der Waals surface area contributed by atoms with Crippen molar-refractivity contribution in [3.8, 4) is 0 Å². The van der Waals surface area contributed by atoms with E-state index in [1.165, 1.54) is 6.08 Å². The Morgan fingerprint density at radius 2 is 2.50 bits per heavy atom. The molecule has 0 aliphatic carbocycles. The van der Waals surface area contributed by atoms with Crippen molar-refractivity contribution in [2.45, 2.75) is 0 Å². The van der Waals surface area contributed by atoms with Crippen LogP contribution >= 0.6 is 0 Å². The molecule has 0 aromatic heterocycles. The van der Waals surface area contributed by atoms with E-state index in [-0.39, 0.29) is 0 Å². The number of allylic oxidation sites excluding steroid dienone is 2. The standard InChI is InChI=1S/C8H9N3O/c9-8(12)2-1-7-3-4-10-5-6-11-7/h1-6,11H,(H2,9,12). The summed E-state index contributed by atoms with van der Waals surface area (Å²) in [4.78, 5) is 14.2. The van der Waals surface area contributed by atoms with E-state index in [0.717, 1.165) is 5.70 Å². The zero-order valence-corrected chi connectivity index (χ0v) is 6.40. The molecule has 0 spiro atoms. The topological polar surface area (TPSA) is 67.5 Å². The monoisotopic (exact) mass is 163 g/mol. The Kier molecular flexibility index (Phi) is 2.84. The molecule has 62 valence electrons. The van der Waals surface area contributed by atoms with Crippen molar-refractivity contribution in [1.29, 1.82) is 0 Å². The van der Waals surface area contributed by atoms with E-state index < -0.39 is 5.91 Å². The number of aliphatic imine (C=N–C) groups is 1. The van der Waals surface area contributed by atoms with Gasteiger partial charge in [-0.15, -0.1) is 0 Å². The van der Waals surface area contributed by atoms with Crippen molar-refractivity contribution in [3.05, 3.63) is 36.3 Å². The molecule has 4 heteroatoms. The van der Waals surface area contributed by atoms with Crippen molar-refractivity contribution in [2.24, 2.45) is 10.7 Å². The lowest BCUT2D eigenvalue weighted by atomic mass is 10.3. The zero-order valence-electron chi connectivity index (χ0n) is 6.40. The first kappa shape index (κ1) is 8.26. The van der Waals surface area contributed by atoms with Crippen LogP contribution in [0.5, 0.6) is 0 Å². The number of nitrogens with one attached hydrogen (secondary N) is 1. The summed E-state index contributed by atoms with van der Waals surface area (Å²) in [6.45, 7) is 0. The lowest BCUT2D eigenvalue weighted by Crippen LogP contribution is -2.07. The molecule has 0 aromatic rings. The first-order valence-electron chi connectivity index (χ1n) is 3.41. The van der Waals surface area contributed by atoms with Crippen molar-refractivity contribution < 1.29 is 4.79 Å². The molecule has 1 rings (SSSR count). The first-order chi connectivity index (χ1) is 5.79. The van der Waals surface area contributed by atoms with E-state index in [1.807, 2.05) is 0 Å². The van der Waals surface area contributed by atoms with E-state index in [1.54, 1.807) is 30.8 Å². The quantitative estimate of drug-likeness (QED) is 0.565. The van der Waals surface area contributed by atoms with Crippen molar-refractivity contribution in [2.75, 3.05) is 0 Å². The smallest absolute Gasteiger partial charge is 0.241 e. The van der Waals surface area contributed by atoms with Crippen LogP contribution < -0.4 is 11.1 Å². The van der Waals surface area contributed by atoms with Gasteiger partial charge in [-0.3, -0.25) is 9.79 Å². The van der Waals surface area contributed by atoms with Gasteiger partial charge < -0.3 is 11.1 Å². The van der Waals surface area contributed by atoms with Gasteiger partial charge in [0.1, 0.15) is 0 Å². The van der Waals surface area contributed by atoms with Crippen LogP contribution in [0.2, 0.25) is 0 Å². The Bertz CT molecular complexity index is 287. The Morgan fingerprint density at radius 1 is 1.67 bits per heavy atom. The highest BCUT2D eigenvalue weighted by atomic mass is 16.1. The zero-order chi connectivity index (χ0) is 8.81. The molecule has 4 nitrogen and oxygen atoms in total. The van der Waals surface area contributed by atoms with Gasteiger partial charge in [0, 0.05) is 30.4 Å². The molecule has 1 aliphatic rings. The summed E-state index contributed by atoms with van der Waals surface area (Å²) < 4.78 is 0. The molecule has 0 radical (unpaired) electrons. The van der Waals surface area contributed by atoms with Crippen LogP contribution in [0.25, 0.3) is 0 Å². The van der Waals surface area contributed by atoms with Crippen LogP contribution in [0.15, 0.2) is 41.3 Å². The van der Waals surface area contributed by atoms with E-state index >= 15 is 0 Å². The van der Waals surface area contributed by atoms with Crippen LogP contribution in [-0.2, 0) is 4.79 Å². The molecule has 0 fully saturated rings. The molecule has 0 atom stereocenters. The van der Waals surface area contributed by atoms with Gasteiger partial charge in [0.25, 0.3) is 0 Å². The van der Waals surface area contributed by atoms with Crippen molar-refractivity contribution in [3.63, 3.8) is 0 Å². The predicted molar refractivity (Wildman–Crippen MR) is 47.2 cm³/mol. The highest BCUT2D eigenvalue weighted by molar-refractivity contribution is 5.86. The molecular formula is C8H9N3O. The van der Waals surface area contributed by atoms with Gasteiger partial charge in [-0.25, -0.2) is 0 Å². The van der Waals surface area contributed by atoms with Gasteiger partial charge in [0.05, 0.1) is 0 Å². The average molecular weight is 163 g/mol. The molecule has 1 amide bonds. The molecule has 1 aliphatic heterocycles. The molecular weight excluding hydrogens is 154 g/mol. The van der Waals surface area contributed by atoms with Crippen molar-refractivity contribution >= 4 is 12.1 Å². The number of hydrogen-bond donors (Lipinski definition) is 2. The lowest BCUT2D eigenvalue weighted by Gasteiger charge is -1.96. The van der Waals surface area contributed by atoms with E-state index in [9.17, 15) is 4.79 Å². The average Bonchev–Trinajstić information content (AvgIpc) is 2.28. The van der Waals surface area contributed by atoms with Crippen LogP contribution in [0.1, 0.15) is 0 Å². The molecule has 0 aromatic carbocycles. The van der Waals surface area contributed by atoms with Crippen LogP contribution in [0.3, 0.4) is 0 Å².